The van der Waals surface area contributed by atoms with Crippen LogP contribution in [0.4, 0.5) is 4.39 Å². The van der Waals surface area contributed by atoms with E-state index in [0.717, 1.165) is 0 Å². The van der Waals surface area contributed by atoms with Crippen molar-refractivity contribution in [1.29, 1.82) is 0 Å². The third kappa shape index (κ3) is 3.00. The second kappa shape index (κ2) is 5.91. The fraction of sp³-hybridized carbons (Fsp3) is 0.429. The molecule has 1 saturated heterocycles. The van der Waals surface area contributed by atoms with Crippen molar-refractivity contribution in [2.75, 3.05) is 6.54 Å². The lowest BCUT2D eigenvalue weighted by Crippen LogP contribution is -2.38. The number of hydrogen-bond acceptors (Lipinski definition) is 2. The van der Waals surface area contributed by atoms with Gasteiger partial charge in [0, 0.05) is 12.6 Å². The predicted molar refractivity (Wildman–Crippen MR) is 74.7 cm³/mol. The molecule has 108 valence electrons. The van der Waals surface area contributed by atoms with Gasteiger partial charge in [-0.25, -0.2) is 4.39 Å². The molecule has 20 heavy (non-hydrogen) atoms. The number of likely N-dealkylation sites (tertiary alicyclic amines) is 1. The van der Waals surface area contributed by atoms with E-state index in [1.807, 2.05) is 0 Å². The van der Waals surface area contributed by atoms with Gasteiger partial charge in [0.25, 0.3) is 0 Å². The summed E-state index contributed by atoms with van der Waals surface area (Å²) in [7, 11) is 0. The summed E-state index contributed by atoms with van der Waals surface area (Å²) in [4.78, 5) is 24.8. The molecule has 1 aliphatic heterocycles. The van der Waals surface area contributed by atoms with Gasteiger partial charge in [-0.1, -0.05) is 6.07 Å². The second-order valence-corrected chi connectivity index (χ2v) is 5.84. The Morgan fingerprint density at radius 3 is 2.75 bits per heavy atom. The molecule has 2 rings (SSSR count). The van der Waals surface area contributed by atoms with Crippen LogP contribution in [-0.2, 0) is 16.0 Å². The lowest BCUT2D eigenvalue weighted by molar-refractivity contribution is -0.143. The number of benzene rings is 1. The van der Waals surface area contributed by atoms with Crippen LogP contribution in [0.15, 0.2) is 22.7 Å². The summed E-state index contributed by atoms with van der Waals surface area (Å²) in [5.74, 6) is -1.96. The zero-order valence-electron chi connectivity index (χ0n) is 11.0. The number of rotatable bonds is 3. The lowest BCUT2D eigenvalue weighted by Gasteiger charge is -2.23. The average Bonchev–Trinajstić information content (AvgIpc) is 2.76. The molecule has 1 N–H and O–H groups in total. The molecule has 0 aliphatic carbocycles. The van der Waals surface area contributed by atoms with Gasteiger partial charge in [0.15, 0.2) is 0 Å². The van der Waals surface area contributed by atoms with Crippen molar-refractivity contribution in [3.8, 4) is 0 Å². The smallest absolute Gasteiger partial charge is 0.308 e. The van der Waals surface area contributed by atoms with Crippen LogP contribution in [0, 0.1) is 11.7 Å². The molecule has 4 nitrogen and oxygen atoms in total. The molecule has 1 aliphatic rings. The molecule has 1 amide bonds. The third-order valence-electron chi connectivity index (χ3n) is 3.73. The number of halogens is 2. The van der Waals surface area contributed by atoms with E-state index in [1.54, 1.807) is 24.0 Å². The minimum atomic E-state index is -0.873. The van der Waals surface area contributed by atoms with Crippen LogP contribution in [0.1, 0.15) is 18.9 Å². The molecular weight excluding hydrogens is 329 g/mol. The molecule has 1 aromatic rings. The number of carboxylic acids is 1. The highest BCUT2D eigenvalue weighted by Crippen LogP contribution is 2.25. The summed E-state index contributed by atoms with van der Waals surface area (Å²) in [5, 5.41) is 9.05. The standard InChI is InChI=1S/C14H15BrFNO3/c1-8-10(14(19)20)4-5-17(8)13(18)7-9-2-3-11(15)12(16)6-9/h2-3,6,8,10H,4-5,7H2,1H3,(H,19,20). The van der Waals surface area contributed by atoms with Gasteiger partial charge < -0.3 is 10.0 Å². The largest absolute Gasteiger partial charge is 0.481 e. The van der Waals surface area contributed by atoms with E-state index in [2.05, 4.69) is 15.9 Å². The van der Waals surface area contributed by atoms with E-state index in [-0.39, 0.29) is 18.4 Å². The lowest BCUT2D eigenvalue weighted by atomic mass is 10.0. The molecule has 2 unspecified atom stereocenters. The third-order valence-corrected chi connectivity index (χ3v) is 4.37. The van der Waals surface area contributed by atoms with Crippen LogP contribution in [0.3, 0.4) is 0 Å². The maximum absolute atomic E-state index is 13.4. The Bertz CT molecular complexity index is 549. The minimum Gasteiger partial charge on any atom is -0.481 e. The number of carboxylic acid groups (broad SMARTS) is 1. The van der Waals surface area contributed by atoms with E-state index in [0.29, 0.717) is 23.0 Å². The molecule has 0 radical (unpaired) electrons. The Labute approximate surface area is 124 Å². The highest BCUT2D eigenvalue weighted by Gasteiger charge is 2.37. The van der Waals surface area contributed by atoms with E-state index >= 15 is 0 Å². The zero-order chi connectivity index (χ0) is 14.9. The molecule has 2 atom stereocenters. The van der Waals surface area contributed by atoms with Crippen LogP contribution in [0.2, 0.25) is 0 Å². The van der Waals surface area contributed by atoms with Gasteiger partial charge in [0.1, 0.15) is 5.82 Å². The SMILES string of the molecule is CC1C(C(=O)O)CCN1C(=O)Cc1ccc(Br)c(F)c1. The number of aliphatic carboxylic acids is 1. The van der Waals surface area contributed by atoms with Crippen molar-refractivity contribution in [2.24, 2.45) is 5.92 Å². The molecule has 1 aromatic carbocycles. The first kappa shape index (κ1) is 15.0. The summed E-state index contributed by atoms with van der Waals surface area (Å²) >= 11 is 3.06. The molecule has 1 fully saturated rings. The van der Waals surface area contributed by atoms with E-state index in [1.165, 1.54) is 6.07 Å². The summed E-state index contributed by atoms with van der Waals surface area (Å²) in [6, 6.07) is 4.24. The van der Waals surface area contributed by atoms with Gasteiger partial charge in [0.2, 0.25) is 5.91 Å². The fourth-order valence-electron chi connectivity index (χ4n) is 2.55. The molecule has 0 spiro atoms. The summed E-state index contributed by atoms with van der Waals surface area (Å²) in [6.07, 6.45) is 0.553. The molecular formula is C14H15BrFNO3. The van der Waals surface area contributed by atoms with E-state index in [4.69, 9.17) is 5.11 Å². The monoisotopic (exact) mass is 343 g/mol. The van der Waals surface area contributed by atoms with Crippen LogP contribution in [0.5, 0.6) is 0 Å². The Morgan fingerprint density at radius 2 is 2.20 bits per heavy atom. The molecule has 6 heteroatoms. The highest BCUT2D eigenvalue weighted by atomic mass is 79.9. The van der Waals surface area contributed by atoms with Gasteiger partial charge in [-0.05, 0) is 47.0 Å². The first-order valence-electron chi connectivity index (χ1n) is 6.36. The average molecular weight is 344 g/mol. The molecule has 0 bridgehead atoms. The zero-order valence-corrected chi connectivity index (χ0v) is 12.6. The van der Waals surface area contributed by atoms with Crippen molar-refractivity contribution in [2.45, 2.75) is 25.8 Å². The summed E-state index contributed by atoms with van der Waals surface area (Å²) < 4.78 is 13.8. The number of hydrogen-bond donors (Lipinski definition) is 1. The first-order valence-corrected chi connectivity index (χ1v) is 7.15. The Balaban J connectivity index is 2.05. The van der Waals surface area contributed by atoms with Crippen LogP contribution >= 0.6 is 15.9 Å². The van der Waals surface area contributed by atoms with Gasteiger partial charge in [-0.3, -0.25) is 9.59 Å². The van der Waals surface area contributed by atoms with Gasteiger partial charge in [-0.15, -0.1) is 0 Å². The van der Waals surface area contributed by atoms with Crippen LogP contribution < -0.4 is 0 Å². The van der Waals surface area contributed by atoms with Gasteiger partial charge in [-0.2, -0.15) is 0 Å². The van der Waals surface area contributed by atoms with E-state index in [9.17, 15) is 14.0 Å². The van der Waals surface area contributed by atoms with Crippen molar-refractivity contribution in [3.05, 3.63) is 34.1 Å². The topological polar surface area (TPSA) is 57.6 Å². The number of carbonyl (C=O) groups excluding carboxylic acids is 1. The molecule has 1 heterocycles. The Hall–Kier alpha value is -1.43. The Kier molecular flexibility index (Phi) is 4.42. The number of carbonyl (C=O) groups is 2. The summed E-state index contributed by atoms with van der Waals surface area (Å²) in [6.45, 7) is 2.18. The Morgan fingerprint density at radius 1 is 1.50 bits per heavy atom. The fourth-order valence-corrected chi connectivity index (χ4v) is 2.79. The van der Waals surface area contributed by atoms with Gasteiger partial charge in [0.05, 0.1) is 16.8 Å². The minimum absolute atomic E-state index is 0.0842. The highest BCUT2D eigenvalue weighted by molar-refractivity contribution is 9.10. The number of nitrogens with zero attached hydrogens (tertiary/aromatic N) is 1. The van der Waals surface area contributed by atoms with Crippen molar-refractivity contribution < 1.29 is 19.1 Å². The molecule has 0 saturated carbocycles. The second-order valence-electron chi connectivity index (χ2n) is 4.99. The molecule has 0 aromatic heterocycles. The summed E-state index contributed by atoms with van der Waals surface area (Å²) in [5.41, 5.74) is 0.585. The normalized spacial score (nSPS) is 22.1. The van der Waals surface area contributed by atoms with Crippen molar-refractivity contribution in [3.63, 3.8) is 0 Å². The quantitative estimate of drug-likeness (QED) is 0.916. The maximum Gasteiger partial charge on any atom is 0.308 e. The van der Waals surface area contributed by atoms with Crippen molar-refractivity contribution in [1.82, 2.24) is 4.90 Å². The van der Waals surface area contributed by atoms with E-state index < -0.39 is 17.7 Å². The maximum atomic E-state index is 13.4. The predicted octanol–water partition coefficient (Wildman–Crippen LogP) is 2.45. The number of amides is 1. The van der Waals surface area contributed by atoms with Crippen LogP contribution in [0.25, 0.3) is 0 Å². The first-order chi connectivity index (χ1) is 9.40. The van der Waals surface area contributed by atoms with Gasteiger partial charge >= 0.3 is 5.97 Å². The van der Waals surface area contributed by atoms with Crippen molar-refractivity contribution >= 4 is 27.8 Å². The van der Waals surface area contributed by atoms with Crippen LogP contribution in [-0.4, -0.2) is 34.5 Å².